The molecule has 0 amide bonds. The van der Waals surface area contributed by atoms with Gasteiger partial charge < -0.3 is 10.6 Å². The minimum absolute atomic E-state index is 0.0757. The van der Waals surface area contributed by atoms with Crippen LogP contribution in [-0.2, 0) is 6.42 Å². The molecule has 1 atom stereocenters. The first-order chi connectivity index (χ1) is 9.88. The van der Waals surface area contributed by atoms with Gasteiger partial charge in [-0.05, 0) is 62.6 Å². The summed E-state index contributed by atoms with van der Waals surface area (Å²) in [5.41, 5.74) is 10.9. The first-order valence-corrected chi connectivity index (χ1v) is 7.23. The summed E-state index contributed by atoms with van der Waals surface area (Å²) < 4.78 is 14.2. The van der Waals surface area contributed by atoms with Crippen molar-refractivity contribution < 1.29 is 4.39 Å². The molecule has 2 N–H and O–H groups in total. The molecule has 1 unspecified atom stereocenters. The molecule has 3 heteroatoms. The third kappa shape index (κ3) is 3.61. The molecule has 0 spiro atoms. The fraction of sp³-hybridized carbons (Fsp3) is 0.333. The van der Waals surface area contributed by atoms with Crippen molar-refractivity contribution in [3.05, 3.63) is 58.9 Å². The van der Waals surface area contributed by atoms with Crippen molar-refractivity contribution in [3.63, 3.8) is 0 Å². The molecule has 0 aliphatic rings. The predicted molar refractivity (Wildman–Crippen MR) is 87.7 cm³/mol. The summed E-state index contributed by atoms with van der Waals surface area (Å²) in [6.07, 6.45) is 0.525. The maximum Gasteiger partial charge on any atom is 0.128 e. The molecule has 0 aromatic heterocycles. The van der Waals surface area contributed by atoms with E-state index in [1.807, 2.05) is 24.9 Å². The highest BCUT2D eigenvalue weighted by molar-refractivity contribution is 5.67. The predicted octanol–water partition coefficient (Wildman–Crippen LogP) is 4.10. The first-order valence-electron chi connectivity index (χ1n) is 7.23. The van der Waals surface area contributed by atoms with Crippen LogP contribution < -0.4 is 10.6 Å². The molecule has 21 heavy (non-hydrogen) atoms. The second kappa shape index (κ2) is 6.27. The Labute approximate surface area is 126 Å². The molecule has 0 radical (unpaired) electrons. The van der Waals surface area contributed by atoms with Crippen LogP contribution in [0, 0.1) is 19.7 Å². The third-order valence-corrected chi connectivity index (χ3v) is 3.58. The average Bonchev–Trinajstić information content (AvgIpc) is 2.38. The molecule has 2 rings (SSSR count). The minimum Gasteiger partial charge on any atom is -0.344 e. The number of hydrogen-bond acceptors (Lipinski definition) is 2. The van der Waals surface area contributed by atoms with Gasteiger partial charge in [0, 0.05) is 30.0 Å². The second-order valence-corrected chi connectivity index (χ2v) is 5.82. The van der Waals surface area contributed by atoms with Gasteiger partial charge in [0.25, 0.3) is 0 Å². The SMILES string of the molecule is Cc1cc(C)cc(N(C)c2cccc(F)c2CC(C)N)c1. The number of benzene rings is 2. The summed E-state index contributed by atoms with van der Waals surface area (Å²) >= 11 is 0. The van der Waals surface area contributed by atoms with Crippen molar-refractivity contribution in [2.45, 2.75) is 33.2 Å². The largest absolute Gasteiger partial charge is 0.344 e. The lowest BCUT2D eigenvalue weighted by Gasteiger charge is -2.24. The number of rotatable bonds is 4. The lowest BCUT2D eigenvalue weighted by Crippen LogP contribution is -2.21. The van der Waals surface area contributed by atoms with Crippen LogP contribution in [0.2, 0.25) is 0 Å². The van der Waals surface area contributed by atoms with Crippen molar-refractivity contribution >= 4 is 11.4 Å². The van der Waals surface area contributed by atoms with Gasteiger partial charge in [-0.15, -0.1) is 0 Å². The molecule has 0 heterocycles. The molecule has 0 aliphatic heterocycles. The monoisotopic (exact) mass is 286 g/mol. The number of nitrogens with two attached hydrogens (primary N) is 1. The Bertz CT molecular complexity index is 615. The van der Waals surface area contributed by atoms with Gasteiger partial charge in [0.15, 0.2) is 0 Å². The topological polar surface area (TPSA) is 29.3 Å². The van der Waals surface area contributed by atoms with E-state index >= 15 is 0 Å². The molecule has 2 nitrogen and oxygen atoms in total. The summed E-state index contributed by atoms with van der Waals surface area (Å²) in [6, 6.07) is 11.4. The molecule has 0 aliphatic carbocycles. The Balaban J connectivity index is 2.47. The van der Waals surface area contributed by atoms with E-state index < -0.39 is 0 Å². The Kier molecular flexibility index (Phi) is 4.63. The van der Waals surface area contributed by atoms with Gasteiger partial charge in [0.2, 0.25) is 0 Å². The highest BCUT2D eigenvalue weighted by atomic mass is 19.1. The normalized spacial score (nSPS) is 12.3. The van der Waals surface area contributed by atoms with Crippen molar-refractivity contribution in [2.75, 3.05) is 11.9 Å². The van der Waals surface area contributed by atoms with Crippen LogP contribution in [0.1, 0.15) is 23.6 Å². The Morgan fingerprint density at radius 2 is 1.76 bits per heavy atom. The molecule has 0 saturated heterocycles. The average molecular weight is 286 g/mol. The van der Waals surface area contributed by atoms with Crippen LogP contribution in [0.15, 0.2) is 36.4 Å². The zero-order valence-electron chi connectivity index (χ0n) is 13.2. The molecule has 0 bridgehead atoms. The fourth-order valence-corrected chi connectivity index (χ4v) is 2.67. The number of anilines is 2. The van der Waals surface area contributed by atoms with E-state index in [2.05, 4.69) is 32.0 Å². The van der Waals surface area contributed by atoms with Gasteiger partial charge in [-0.25, -0.2) is 4.39 Å². The van der Waals surface area contributed by atoms with Crippen molar-refractivity contribution in [1.29, 1.82) is 0 Å². The van der Waals surface area contributed by atoms with E-state index in [9.17, 15) is 4.39 Å². The van der Waals surface area contributed by atoms with Crippen LogP contribution in [0.3, 0.4) is 0 Å². The van der Waals surface area contributed by atoms with Crippen molar-refractivity contribution in [1.82, 2.24) is 0 Å². The number of aryl methyl sites for hydroxylation is 2. The number of hydrogen-bond donors (Lipinski definition) is 1. The summed E-state index contributed by atoms with van der Waals surface area (Å²) in [7, 11) is 1.97. The molecule has 2 aromatic carbocycles. The summed E-state index contributed by atoms with van der Waals surface area (Å²) in [5.74, 6) is -0.193. The molecule has 0 fully saturated rings. The highest BCUT2D eigenvalue weighted by Gasteiger charge is 2.15. The molecule has 0 saturated carbocycles. The van der Waals surface area contributed by atoms with Gasteiger partial charge in [-0.3, -0.25) is 0 Å². The number of halogens is 1. The van der Waals surface area contributed by atoms with Crippen LogP contribution in [0.5, 0.6) is 0 Å². The summed E-state index contributed by atoms with van der Waals surface area (Å²) in [6.45, 7) is 6.03. The second-order valence-electron chi connectivity index (χ2n) is 5.82. The minimum atomic E-state index is -0.193. The Hall–Kier alpha value is -1.87. The zero-order valence-corrected chi connectivity index (χ0v) is 13.2. The molecule has 2 aromatic rings. The van der Waals surface area contributed by atoms with E-state index in [0.29, 0.717) is 12.0 Å². The lowest BCUT2D eigenvalue weighted by molar-refractivity contribution is 0.596. The van der Waals surface area contributed by atoms with Gasteiger partial charge in [0.1, 0.15) is 5.82 Å². The van der Waals surface area contributed by atoms with E-state index in [1.54, 1.807) is 6.07 Å². The molecular weight excluding hydrogens is 263 g/mol. The summed E-state index contributed by atoms with van der Waals surface area (Å²) in [5, 5.41) is 0. The highest BCUT2D eigenvalue weighted by Crippen LogP contribution is 2.30. The van der Waals surface area contributed by atoms with Gasteiger partial charge in [-0.1, -0.05) is 12.1 Å². The van der Waals surface area contributed by atoms with Gasteiger partial charge in [0.05, 0.1) is 0 Å². The fourth-order valence-electron chi connectivity index (χ4n) is 2.67. The van der Waals surface area contributed by atoms with Crippen LogP contribution in [0.4, 0.5) is 15.8 Å². The van der Waals surface area contributed by atoms with Crippen LogP contribution in [-0.4, -0.2) is 13.1 Å². The standard InChI is InChI=1S/C18H23FN2/c1-12-8-13(2)10-15(9-12)21(4)18-7-5-6-17(19)16(18)11-14(3)20/h5-10,14H,11,20H2,1-4H3. The smallest absolute Gasteiger partial charge is 0.128 e. The quantitative estimate of drug-likeness (QED) is 0.917. The molecular formula is C18H23FN2. The van der Waals surface area contributed by atoms with Crippen molar-refractivity contribution in [2.24, 2.45) is 5.73 Å². The van der Waals surface area contributed by atoms with Crippen LogP contribution >= 0.6 is 0 Å². The van der Waals surface area contributed by atoms with Gasteiger partial charge in [-0.2, -0.15) is 0 Å². The van der Waals surface area contributed by atoms with E-state index in [-0.39, 0.29) is 11.9 Å². The first kappa shape index (κ1) is 15.5. The van der Waals surface area contributed by atoms with Crippen molar-refractivity contribution in [3.8, 4) is 0 Å². The van der Waals surface area contributed by atoms with Crippen LogP contribution in [0.25, 0.3) is 0 Å². The maximum absolute atomic E-state index is 14.2. The Morgan fingerprint density at radius 3 is 2.33 bits per heavy atom. The number of nitrogens with zero attached hydrogens (tertiary/aromatic N) is 1. The van der Waals surface area contributed by atoms with E-state index in [1.165, 1.54) is 17.2 Å². The molecule has 112 valence electrons. The summed E-state index contributed by atoms with van der Waals surface area (Å²) in [4.78, 5) is 2.03. The van der Waals surface area contributed by atoms with E-state index in [4.69, 9.17) is 5.73 Å². The zero-order chi connectivity index (χ0) is 15.6. The third-order valence-electron chi connectivity index (χ3n) is 3.58. The Morgan fingerprint density at radius 1 is 1.14 bits per heavy atom. The van der Waals surface area contributed by atoms with E-state index in [0.717, 1.165) is 11.4 Å². The maximum atomic E-state index is 14.2. The lowest BCUT2D eigenvalue weighted by atomic mass is 10.0. The van der Waals surface area contributed by atoms with Gasteiger partial charge >= 0.3 is 0 Å².